The van der Waals surface area contributed by atoms with E-state index in [1.807, 2.05) is 36.4 Å². The Hall–Kier alpha value is -3.00. The topological polar surface area (TPSA) is 81.3 Å². The average molecular weight is 520 g/mol. The van der Waals surface area contributed by atoms with E-state index in [0.29, 0.717) is 35.7 Å². The summed E-state index contributed by atoms with van der Waals surface area (Å²) in [5.41, 5.74) is 6.01. The van der Waals surface area contributed by atoms with Gasteiger partial charge in [-0.25, -0.2) is 0 Å². The predicted octanol–water partition coefficient (Wildman–Crippen LogP) is 6.27. The minimum absolute atomic E-state index is 0.0285. The van der Waals surface area contributed by atoms with Gasteiger partial charge in [0, 0.05) is 11.8 Å². The zero-order valence-electron chi connectivity index (χ0n) is 22.7. The predicted molar refractivity (Wildman–Crippen MR) is 151 cm³/mol. The van der Waals surface area contributed by atoms with Gasteiger partial charge < -0.3 is 10.2 Å². The van der Waals surface area contributed by atoms with E-state index in [4.69, 9.17) is 0 Å². The van der Waals surface area contributed by atoms with Gasteiger partial charge in [0.25, 0.3) is 0 Å². The number of hydrogen-bond donors (Lipinski definition) is 2. The number of carbonyl (C=O) groups is 1. The summed E-state index contributed by atoms with van der Waals surface area (Å²) in [6.07, 6.45) is 13.0. The number of ketones is 1. The molecule has 0 saturated heterocycles. The summed E-state index contributed by atoms with van der Waals surface area (Å²) in [4.78, 5) is 12.6. The molecule has 4 heteroatoms. The maximum atomic E-state index is 12.6. The van der Waals surface area contributed by atoms with Crippen LogP contribution in [0.5, 0.6) is 0 Å². The lowest BCUT2D eigenvalue weighted by molar-refractivity contribution is -0.128. The highest BCUT2D eigenvalue weighted by atomic mass is 16.3. The number of nitrogens with zero attached hydrogens (tertiary/aromatic N) is 1. The average Bonchev–Trinajstić information content (AvgIpc) is 3.22. The van der Waals surface area contributed by atoms with Crippen LogP contribution in [0, 0.1) is 39.9 Å². The first-order valence-corrected chi connectivity index (χ1v) is 14.7. The van der Waals surface area contributed by atoms with Crippen LogP contribution in [-0.2, 0) is 11.2 Å². The van der Waals surface area contributed by atoms with E-state index in [1.54, 1.807) is 6.08 Å². The Morgan fingerprint density at radius 1 is 1.08 bits per heavy atom. The van der Waals surface area contributed by atoms with Crippen LogP contribution >= 0.6 is 0 Å². The van der Waals surface area contributed by atoms with E-state index in [-0.39, 0.29) is 23.2 Å². The van der Waals surface area contributed by atoms with Gasteiger partial charge >= 0.3 is 0 Å². The van der Waals surface area contributed by atoms with Gasteiger partial charge in [-0.05, 0) is 114 Å². The second-order valence-corrected chi connectivity index (χ2v) is 13.2. The van der Waals surface area contributed by atoms with Gasteiger partial charge in [0.1, 0.15) is 0 Å². The number of benzene rings is 2. The molecule has 200 valence electrons. The van der Waals surface area contributed by atoms with E-state index in [1.165, 1.54) is 22.3 Å². The van der Waals surface area contributed by atoms with Crippen molar-refractivity contribution in [2.24, 2.45) is 28.6 Å². The van der Waals surface area contributed by atoms with E-state index in [0.717, 1.165) is 50.5 Å². The molecule has 5 aliphatic rings. The molecular weight excluding hydrogens is 482 g/mol. The molecule has 39 heavy (non-hydrogen) atoms. The van der Waals surface area contributed by atoms with Crippen molar-refractivity contribution in [3.8, 4) is 17.2 Å². The Morgan fingerprint density at radius 3 is 2.64 bits per heavy atom. The number of carbonyl (C=O) groups excluding carboxylic acids is 1. The molecule has 2 N–H and O–H groups in total. The van der Waals surface area contributed by atoms with Crippen molar-refractivity contribution in [1.29, 1.82) is 5.26 Å². The molecule has 0 radical (unpaired) electrons. The molecule has 7 atom stereocenters. The molecular formula is C35H37NO3. The second-order valence-electron chi connectivity index (χ2n) is 13.2. The molecule has 2 aromatic carbocycles. The van der Waals surface area contributed by atoms with Crippen molar-refractivity contribution in [3.63, 3.8) is 0 Å². The van der Waals surface area contributed by atoms with Gasteiger partial charge in [-0.2, -0.15) is 5.26 Å². The zero-order chi connectivity index (χ0) is 27.0. The molecule has 0 heterocycles. The first-order valence-electron chi connectivity index (χ1n) is 14.7. The van der Waals surface area contributed by atoms with Crippen molar-refractivity contribution in [2.45, 2.75) is 69.8 Å². The third-order valence-electron chi connectivity index (χ3n) is 11.8. The van der Waals surface area contributed by atoms with Crippen LogP contribution in [-0.4, -0.2) is 28.2 Å². The fourth-order valence-corrected chi connectivity index (χ4v) is 10.1. The number of rotatable bonds is 3. The summed E-state index contributed by atoms with van der Waals surface area (Å²) < 4.78 is 0. The zero-order valence-corrected chi connectivity index (χ0v) is 22.7. The molecule has 3 fully saturated rings. The summed E-state index contributed by atoms with van der Waals surface area (Å²) in [6.45, 7) is 2.26. The third kappa shape index (κ3) is 3.46. The van der Waals surface area contributed by atoms with Crippen molar-refractivity contribution in [2.75, 3.05) is 6.61 Å². The van der Waals surface area contributed by atoms with E-state index >= 15 is 0 Å². The Kier molecular flexibility index (Phi) is 5.61. The Morgan fingerprint density at radius 2 is 1.87 bits per heavy atom. The highest BCUT2D eigenvalue weighted by Gasteiger charge is 2.67. The maximum Gasteiger partial charge on any atom is 0.155 e. The van der Waals surface area contributed by atoms with Crippen molar-refractivity contribution in [3.05, 3.63) is 83.0 Å². The first-order chi connectivity index (χ1) is 18.8. The third-order valence-corrected chi connectivity index (χ3v) is 11.8. The van der Waals surface area contributed by atoms with Crippen molar-refractivity contribution >= 4 is 5.78 Å². The van der Waals surface area contributed by atoms with Crippen molar-refractivity contribution < 1.29 is 15.0 Å². The normalized spacial score (nSPS) is 38.3. The van der Waals surface area contributed by atoms with Gasteiger partial charge in [0.2, 0.25) is 0 Å². The standard InChI is InChI=1S/C35H37NO3/c1-33-20-30-28-9-7-24(23-5-3-22(21-36)4-6-23)17-25(28)19-34-14-11-27(38)18-26(34)8-10-29(32(30)34)31(33)12-15-35(33,39)13-2-16-37/h2-7,9,13,17-18,29-32,37,39H,8,10-12,14-16,19-20H2,1H3/b13-2+/t29-,30-,31+,32-,33+,34-,35+/m1/s1. The number of aliphatic hydroxyl groups is 2. The molecule has 7 rings (SSSR count). The first kappa shape index (κ1) is 25.0. The number of nitriles is 1. The molecule has 4 nitrogen and oxygen atoms in total. The minimum atomic E-state index is -0.906. The number of allylic oxidation sites excluding steroid dienone is 1. The molecule has 0 amide bonds. The van der Waals surface area contributed by atoms with E-state index in [2.05, 4.69) is 31.2 Å². The van der Waals surface area contributed by atoms with Crippen LogP contribution in [0.2, 0.25) is 0 Å². The van der Waals surface area contributed by atoms with Gasteiger partial charge in [0.15, 0.2) is 5.78 Å². The summed E-state index contributed by atoms with van der Waals surface area (Å²) in [5.74, 6) is 2.09. The lowest BCUT2D eigenvalue weighted by Crippen LogP contribution is -2.59. The maximum absolute atomic E-state index is 12.6. The molecule has 1 spiro atoms. The van der Waals surface area contributed by atoms with Crippen molar-refractivity contribution in [1.82, 2.24) is 0 Å². The van der Waals surface area contributed by atoms with Crippen LogP contribution in [0.4, 0.5) is 0 Å². The van der Waals surface area contributed by atoms with Crippen LogP contribution in [0.25, 0.3) is 11.1 Å². The number of aliphatic hydroxyl groups excluding tert-OH is 1. The molecule has 0 unspecified atom stereocenters. The van der Waals surface area contributed by atoms with Gasteiger partial charge in [-0.15, -0.1) is 0 Å². The highest BCUT2D eigenvalue weighted by Crippen LogP contribution is 2.73. The lowest BCUT2D eigenvalue weighted by atomic mass is 9.39. The molecule has 0 aromatic heterocycles. The van der Waals surface area contributed by atoms with Crippen LogP contribution in [0.15, 0.2) is 66.3 Å². The van der Waals surface area contributed by atoms with Gasteiger partial charge in [0.05, 0.1) is 23.8 Å². The molecule has 2 aromatic rings. The Labute approximate surface area is 231 Å². The van der Waals surface area contributed by atoms with Gasteiger partial charge in [-0.1, -0.05) is 55.0 Å². The summed E-state index contributed by atoms with van der Waals surface area (Å²) in [6, 6.07) is 17.0. The van der Waals surface area contributed by atoms with Crippen LogP contribution in [0.1, 0.15) is 74.5 Å². The summed E-state index contributed by atoms with van der Waals surface area (Å²) in [7, 11) is 0. The second kappa shape index (κ2) is 8.75. The fraction of sp³-hybridized carbons (Fsp3) is 0.486. The smallest absolute Gasteiger partial charge is 0.155 e. The van der Waals surface area contributed by atoms with E-state index < -0.39 is 5.60 Å². The fourth-order valence-electron chi connectivity index (χ4n) is 10.1. The quantitative estimate of drug-likeness (QED) is 0.469. The monoisotopic (exact) mass is 519 g/mol. The molecule has 5 aliphatic carbocycles. The molecule has 0 aliphatic heterocycles. The van der Waals surface area contributed by atoms with E-state index in [9.17, 15) is 20.3 Å². The molecule has 0 bridgehead atoms. The Bertz CT molecular complexity index is 1450. The lowest BCUT2D eigenvalue weighted by Gasteiger charge is -2.65. The minimum Gasteiger partial charge on any atom is -0.392 e. The SMILES string of the molecule is C[C@]12C[C@@H]3c4ccc(-c5ccc(C#N)cc5)cc4C[C@]45CCC(=O)C=C4CC[C@@H]([C@H]35)[C@@H]1CC[C@@]2(O)/C=C/CO. The highest BCUT2D eigenvalue weighted by molar-refractivity contribution is 5.91. The summed E-state index contributed by atoms with van der Waals surface area (Å²) >= 11 is 0. The summed E-state index contributed by atoms with van der Waals surface area (Å²) in [5, 5.41) is 30.8. The van der Waals surface area contributed by atoms with Crippen LogP contribution < -0.4 is 0 Å². The number of fused-ring (bicyclic) bond motifs is 4. The Balaban J connectivity index is 1.38. The molecule has 3 saturated carbocycles. The van der Waals surface area contributed by atoms with Crippen LogP contribution in [0.3, 0.4) is 0 Å². The largest absolute Gasteiger partial charge is 0.392 e. The van der Waals surface area contributed by atoms with Gasteiger partial charge in [-0.3, -0.25) is 4.79 Å². The number of hydrogen-bond acceptors (Lipinski definition) is 4.